The first kappa shape index (κ1) is 19.4. The second-order valence-electron chi connectivity index (χ2n) is 6.67. The Bertz CT molecular complexity index is 1090. The summed E-state index contributed by atoms with van der Waals surface area (Å²) in [6, 6.07) is 3.66. The van der Waals surface area contributed by atoms with Crippen LogP contribution in [0.3, 0.4) is 0 Å². The molecule has 3 aromatic rings. The molecule has 9 nitrogen and oxygen atoms in total. The van der Waals surface area contributed by atoms with E-state index in [9.17, 15) is 14.7 Å². The fraction of sp³-hybridized carbons (Fsp3) is 0.316. The number of fused-ring (bicyclic) bond motifs is 1. The molecule has 2 heterocycles. The number of carbonyl (C=O) groups is 1. The van der Waals surface area contributed by atoms with Crippen LogP contribution in [0.1, 0.15) is 16.2 Å². The van der Waals surface area contributed by atoms with Crippen molar-refractivity contribution < 1.29 is 19.4 Å². The number of aromatic amines is 1. The molecular weight excluding hydrogens is 364 g/mol. The number of methoxy groups -OCH3 is 2. The zero-order chi connectivity index (χ0) is 20.6. The van der Waals surface area contributed by atoms with Gasteiger partial charge >= 0.3 is 5.97 Å². The van der Waals surface area contributed by atoms with Gasteiger partial charge in [-0.1, -0.05) is 0 Å². The summed E-state index contributed by atoms with van der Waals surface area (Å²) in [5, 5.41) is 9.24. The van der Waals surface area contributed by atoms with E-state index in [0.29, 0.717) is 29.2 Å². The average Bonchev–Trinajstić information content (AvgIpc) is 3.10. The third-order valence-electron chi connectivity index (χ3n) is 4.41. The van der Waals surface area contributed by atoms with E-state index in [0.717, 1.165) is 5.56 Å². The number of aromatic carboxylic acids is 1. The van der Waals surface area contributed by atoms with E-state index in [2.05, 4.69) is 9.97 Å². The van der Waals surface area contributed by atoms with Crippen molar-refractivity contribution in [3.8, 4) is 22.6 Å². The van der Waals surface area contributed by atoms with Gasteiger partial charge in [0.2, 0.25) is 5.82 Å². The van der Waals surface area contributed by atoms with Crippen molar-refractivity contribution in [1.82, 2.24) is 19.4 Å². The molecule has 0 aliphatic carbocycles. The molecule has 0 radical (unpaired) electrons. The van der Waals surface area contributed by atoms with Gasteiger partial charge in [0, 0.05) is 25.4 Å². The van der Waals surface area contributed by atoms with E-state index < -0.39 is 5.97 Å². The summed E-state index contributed by atoms with van der Waals surface area (Å²) in [6.45, 7) is 0.612. The Kier molecular flexibility index (Phi) is 5.10. The maximum Gasteiger partial charge on any atom is 0.371 e. The molecule has 2 N–H and O–H groups in total. The third-order valence-corrected chi connectivity index (χ3v) is 4.41. The SMILES string of the molecule is COc1cc(-c2cn(C)c(=O)c3[nH]c(C(=O)O)nc23)cc(OC)c1CN(C)C. The second kappa shape index (κ2) is 7.35. The van der Waals surface area contributed by atoms with Gasteiger partial charge in [0.25, 0.3) is 5.56 Å². The molecule has 0 aliphatic rings. The van der Waals surface area contributed by atoms with Crippen LogP contribution in [0.5, 0.6) is 11.5 Å². The number of ether oxygens (including phenoxy) is 2. The number of H-pyrrole nitrogens is 1. The van der Waals surface area contributed by atoms with Gasteiger partial charge in [0.1, 0.15) is 22.5 Å². The Morgan fingerprint density at radius 2 is 1.86 bits per heavy atom. The average molecular weight is 386 g/mol. The standard InChI is InChI=1S/C19H22N4O5/c1-22(2)8-12-13(27-4)6-10(7-14(12)28-5)11-9-23(3)18(24)16-15(11)20-17(21-16)19(25)26/h6-7,9H,8H2,1-5H3,(H,20,21)(H,25,26). The smallest absolute Gasteiger partial charge is 0.371 e. The van der Waals surface area contributed by atoms with Gasteiger partial charge in [-0.2, -0.15) is 0 Å². The van der Waals surface area contributed by atoms with Crippen molar-refractivity contribution in [2.75, 3.05) is 28.3 Å². The molecule has 0 unspecified atom stereocenters. The first-order valence-electron chi connectivity index (χ1n) is 8.49. The Morgan fingerprint density at radius 1 is 1.25 bits per heavy atom. The number of carboxylic acid groups (broad SMARTS) is 1. The molecule has 0 bridgehead atoms. The fourth-order valence-corrected chi connectivity index (χ4v) is 3.14. The van der Waals surface area contributed by atoms with E-state index in [4.69, 9.17) is 9.47 Å². The van der Waals surface area contributed by atoms with Gasteiger partial charge in [-0.3, -0.25) is 4.79 Å². The molecule has 0 amide bonds. The summed E-state index contributed by atoms with van der Waals surface area (Å²) >= 11 is 0. The minimum Gasteiger partial charge on any atom is -0.496 e. The maximum absolute atomic E-state index is 12.4. The van der Waals surface area contributed by atoms with Crippen molar-refractivity contribution in [3.63, 3.8) is 0 Å². The van der Waals surface area contributed by atoms with Gasteiger partial charge in [-0.05, 0) is 31.8 Å². The van der Waals surface area contributed by atoms with Crippen LogP contribution in [0.2, 0.25) is 0 Å². The zero-order valence-electron chi connectivity index (χ0n) is 16.4. The van der Waals surface area contributed by atoms with Gasteiger partial charge in [-0.25, -0.2) is 9.78 Å². The second-order valence-corrected chi connectivity index (χ2v) is 6.67. The lowest BCUT2D eigenvalue weighted by atomic mass is 10.0. The summed E-state index contributed by atoms with van der Waals surface area (Å²) < 4.78 is 12.5. The number of rotatable bonds is 6. The largest absolute Gasteiger partial charge is 0.496 e. The molecule has 9 heteroatoms. The topological polar surface area (TPSA) is 110 Å². The molecule has 28 heavy (non-hydrogen) atoms. The number of hydrogen-bond donors (Lipinski definition) is 2. The van der Waals surface area contributed by atoms with E-state index in [1.54, 1.807) is 27.5 Å². The van der Waals surface area contributed by atoms with Crippen molar-refractivity contribution in [3.05, 3.63) is 40.1 Å². The van der Waals surface area contributed by atoms with Crippen molar-refractivity contribution in [1.29, 1.82) is 0 Å². The molecule has 0 spiro atoms. The fourth-order valence-electron chi connectivity index (χ4n) is 3.14. The van der Waals surface area contributed by atoms with Gasteiger partial charge in [0.15, 0.2) is 0 Å². The molecule has 1 aromatic carbocycles. The van der Waals surface area contributed by atoms with E-state index in [1.807, 2.05) is 31.1 Å². The van der Waals surface area contributed by atoms with Gasteiger partial charge in [0.05, 0.1) is 19.8 Å². The van der Waals surface area contributed by atoms with Crippen LogP contribution in [0.4, 0.5) is 0 Å². The molecule has 3 rings (SSSR count). The Hall–Kier alpha value is -3.33. The van der Waals surface area contributed by atoms with Crippen LogP contribution >= 0.6 is 0 Å². The predicted octanol–water partition coefficient (Wildman–Crippen LogP) is 1.71. The number of aryl methyl sites for hydroxylation is 1. The number of imidazole rings is 1. The zero-order valence-corrected chi connectivity index (χ0v) is 16.4. The van der Waals surface area contributed by atoms with Crippen LogP contribution in [-0.2, 0) is 13.6 Å². The van der Waals surface area contributed by atoms with E-state index >= 15 is 0 Å². The van der Waals surface area contributed by atoms with Crippen molar-refractivity contribution in [2.45, 2.75) is 6.54 Å². The predicted molar refractivity (Wildman–Crippen MR) is 104 cm³/mol. The number of nitrogens with zero attached hydrogens (tertiary/aromatic N) is 3. The minimum absolute atomic E-state index is 0.132. The van der Waals surface area contributed by atoms with Crippen LogP contribution in [0.25, 0.3) is 22.2 Å². The molecule has 0 saturated carbocycles. The monoisotopic (exact) mass is 386 g/mol. The third kappa shape index (κ3) is 3.31. The maximum atomic E-state index is 12.4. The highest BCUT2D eigenvalue weighted by Crippen LogP contribution is 2.37. The quantitative estimate of drug-likeness (QED) is 0.663. The summed E-state index contributed by atoms with van der Waals surface area (Å²) in [5.74, 6) is -0.276. The normalized spacial score (nSPS) is 11.2. The molecule has 0 fully saturated rings. The lowest BCUT2D eigenvalue weighted by Crippen LogP contribution is -2.17. The van der Waals surface area contributed by atoms with Crippen LogP contribution in [-0.4, -0.2) is 58.8 Å². The molecule has 0 aliphatic heterocycles. The number of pyridine rings is 1. The van der Waals surface area contributed by atoms with E-state index in [-0.39, 0.29) is 22.4 Å². The van der Waals surface area contributed by atoms with E-state index in [1.165, 1.54) is 4.57 Å². The van der Waals surface area contributed by atoms with Crippen LogP contribution in [0, 0.1) is 0 Å². The number of carboxylic acids is 1. The highest BCUT2D eigenvalue weighted by atomic mass is 16.5. The number of aromatic nitrogens is 3. The van der Waals surface area contributed by atoms with Crippen molar-refractivity contribution in [2.24, 2.45) is 7.05 Å². The molecule has 2 aromatic heterocycles. The number of nitrogens with one attached hydrogen (secondary N) is 1. The first-order valence-corrected chi connectivity index (χ1v) is 8.49. The van der Waals surface area contributed by atoms with Crippen LogP contribution < -0.4 is 15.0 Å². The molecule has 148 valence electrons. The highest BCUT2D eigenvalue weighted by molar-refractivity contribution is 5.96. The Labute approximate surface area is 161 Å². The van der Waals surface area contributed by atoms with Gasteiger partial charge < -0.3 is 29.0 Å². The lowest BCUT2D eigenvalue weighted by molar-refractivity contribution is 0.0685. The summed E-state index contributed by atoms with van der Waals surface area (Å²) in [6.07, 6.45) is 1.62. The summed E-state index contributed by atoms with van der Waals surface area (Å²) in [7, 11) is 8.64. The minimum atomic E-state index is -1.24. The first-order chi connectivity index (χ1) is 13.3. The number of benzene rings is 1. The summed E-state index contributed by atoms with van der Waals surface area (Å²) in [5.41, 5.74) is 2.22. The van der Waals surface area contributed by atoms with Crippen LogP contribution in [0.15, 0.2) is 23.1 Å². The Balaban J connectivity index is 2.31. The molecule has 0 atom stereocenters. The van der Waals surface area contributed by atoms with Gasteiger partial charge in [-0.15, -0.1) is 0 Å². The van der Waals surface area contributed by atoms with Crippen molar-refractivity contribution >= 4 is 17.0 Å². The summed E-state index contributed by atoms with van der Waals surface area (Å²) in [4.78, 5) is 32.4. The Morgan fingerprint density at radius 3 is 2.36 bits per heavy atom. The molecule has 0 saturated heterocycles. The lowest BCUT2D eigenvalue weighted by Gasteiger charge is -2.18. The number of hydrogen-bond acceptors (Lipinski definition) is 6. The molecular formula is C19H22N4O5. The highest BCUT2D eigenvalue weighted by Gasteiger charge is 2.20.